The number of benzene rings is 2. The number of aromatic nitrogens is 3. The molecule has 1 N–H and O–H groups in total. The first-order valence-electron chi connectivity index (χ1n) is 9.75. The quantitative estimate of drug-likeness (QED) is 0.506. The number of anilines is 1. The van der Waals surface area contributed by atoms with Crippen molar-refractivity contribution in [1.29, 1.82) is 0 Å². The van der Waals surface area contributed by atoms with Crippen molar-refractivity contribution in [2.24, 2.45) is 7.05 Å². The van der Waals surface area contributed by atoms with E-state index in [1.807, 2.05) is 19.2 Å². The number of hydrogen-bond donors (Lipinski definition) is 1. The monoisotopic (exact) mass is 451 g/mol. The maximum Gasteiger partial charge on any atom is 0.258 e. The summed E-state index contributed by atoms with van der Waals surface area (Å²) in [4.78, 5) is 32.1. The molecule has 0 radical (unpaired) electrons. The number of halogens is 1. The molecular weight excluding hydrogens is 434 g/mol. The van der Waals surface area contributed by atoms with E-state index in [4.69, 9.17) is 11.6 Å². The molecule has 7 nitrogen and oxygen atoms in total. The van der Waals surface area contributed by atoms with Gasteiger partial charge < -0.3 is 10.2 Å². The molecule has 156 valence electrons. The van der Waals surface area contributed by atoms with Crippen molar-refractivity contribution in [3.8, 4) is 0 Å². The molecule has 0 saturated heterocycles. The van der Waals surface area contributed by atoms with Gasteiger partial charge in [-0.25, -0.2) is 4.98 Å². The van der Waals surface area contributed by atoms with E-state index in [1.54, 1.807) is 51.6 Å². The molecule has 3 heterocycles. The van der Waals surface area contributed by atoms with Crippen LogP contribution in [0.15, 0.2) is 54.2 Å². The number of hydrogen-bond acceptors (Lipinski definition) is 5. The minimum absolute atomic E-state index is 0.0968. The largest absolute Gasteiger partial charge is 0.343 e. The average Bonchev–Trinajstić information content (AvgIpc) is 3.40. The van der Waals surface area contributed by atoms with Gasteiger partial charge in [-0.2, -0.15) is 5.10 Å². The fraction of sp³-hybridized carbons (Fsp3) is 0.182. The van der Waals surface area contributed by atoms with Gasteiger partial charge in [0.2, 0.25) is 0 Å². The van der Waals surface area contributed by atoms with Crippen LogP contribution in [0.2, 0.25) is 5.02 Å². The van der Waals surface area contributed by atoms with E-state index in [2.05, 4.69) is 15.4 Å². The van der Waals surface area contributed by atoms with Gasteiger partial charge in [-0.3, -0.25) is 14.3 Å². The lowest BCUT2D eigenvalue weighted by Crippen LogP contribution is -2.41. The zero-order chi connectivity index (χ0) is 21.5. The van der Waals surface area contributed by atoms with E-state index in [1.165, 1.54) is 11.3 Å². The number of thiazole rings is 1. The van der Waals surface area contributed by atoms with Gasteiger partial charge >= 0.3 is 0 Å². The Morgan fingerprint density at radius 2 is 2.06 bits per heavy atom. The van der Waals surface area contributed by atoms with Crippen molar-refractivity contribution in [3.63, 3.8) is 0 Å². The molecule has 2 aromatic carbocycles. The highest BCUT2D eigenvalue weighted by atomic mass is 35.5. The SMILES string of the molecule is Cn1ncc2c1C(NC(=O)c1ccccc1Cl)CCN2C(=O)c1ccc2ncsc2c1. The highest BCUT2D eigenvalue weighted by Gasteiger charge is 2.33. The second-order valence-corrected chi connectivity index (χ2v) is 8.62. The molecule has 0 fully saturated rings. The highest BCUT2D eigenvalue weighted by Crippen LogP contribution is 2.35. The van der Waals surface area contributed by atoms with Crippen molar-refractivity contribution in [3.05, 3.63) is 76.0 Å². The molecule has 9 heteroatoms. The lowest BCUT2D eigenvalue weighted by atomic mass is 10.0. The normalized spacial score (nSPS) is 15.7. The van der Waals surface area contributed by atoms with E-state index in [0.29, 0.717) is 34.8 Å². The van der Waals surface area contributed by atoms with Crippen LogP contribution in [0.1, 0.15) is 38.9 Å². The number of amides is 2. The summed E-state index contributed by atoms with van der Waals surface area (Å²) in [7, 11) is 1.81. The van der Waals surface area contributed by atoms with Crippen LogP contribution < -0.4 is 10.2 Å². The van der Waals surface area contributed by atoms with E-state index >= 15 is 0 Å². The van der Waals surface area contributed by atoms with E-state index in [0.717, 1.165) is 15.9 Å². The molecule has 1 atom stereocenters. The Kier molecular flexibility index (Phi) is 4.95. The first-order chi connectivity index (χ1) is 15.0. The van der Waals surface area contributed by atoms with Gasteiger partial charge in [0.15, 0.2) is 0 Å². The van der Waals surface area contributed by atoms with Gasteiger partial charge in [-0.15, -0.1) is 11.3 Å². The fourth-order valence-corrected chi connectivity index (χ4v) is 4.88. The van der Waals surface area contributed by atoms with Crippen LogP contribution in [0.4, 0.5) is 5.69 Å². The zero-order valence-corrected chi connectivity index (χ0v) is 18.2. The molecule has 0 saturated carbocycles. The third-order valence-corrected chi connectivity index (χ3v) is 6.60. The van der Waals surface area contributed by atoms with Crippen LogP contribution in [0.5, 0.6) is 0 Å². The lowest BCUT2D eigenvalue weighted by Gasteiger charge is -2.32. The maximum absolute atomic E-state index is 13.3. The van der Waals surface area contributed by atoms with Crippen LogP contribution in [0, 0.1) is 0 Å². The van der Waals surface area contributed by atoms with Crippen LogP contribution in [0.3, 0.4) is 0 Å². The van der Waals surface area contributed by atoms with Crippen molar-refractivity contribution >= 4 is 50.7 Å². The Bertz CT molecular complexity index is 1310. The molecule has 1 unspecified atom stereocenters. The minimum atomic E-state index is -0.278. The third-order valence-electron chi connectivity index (χ3n) is 5.47. The van der Waals surface area contributed by atoms with Crippen LogP contribution >= 0.6 is 22.9 Å². The summed E-state index contributed by atoms with van der Waals surface area (Å²) >= 11 is 7.68. The molecule has 0 aliphatic carbocycles. The van der Waals surface area contributed by atoms with Crippen molar-refractivity contribution in [2.45, 2.75) is 12.5 Å². The van der Waals surface area contributed by atoms with Gasteiger partial charge in [-0.1, -0.05) is 23.7 Å². The van der Waals surface area contributed by atoms with Crippen LogP contribution in [0.25, 0.3) is 10.2 Å². The number of rotatable bonds is 3. The first-order valence-corrected chi connectivity index (χ1v) is 11.0. The second-order valence-electron chi connectivity index (χ2n) is 7.32. The number of fused-ring (bicyclic) bond motifs is 2. The number of nitrogens with one attached hydrogen (secondary N) is 1. The van der Waals surface area contributed by atoms with Gasteiger partial charge in [0.25, 0.3) is 11.8 Å². The Labute approximate surface area is 187 Å². The Hall–Kier alpha value is -3.23. The summed E-state index contributed by atoms with van der Waals surface area (Å²) in [6.45, 7) is 0.464. The number of aryl methyl sites for hydroxylation is 1. The Balaban J connectivity index is 1.43. The summed E-state index contributed by atoms with van der Waals surface area (Å²) in [5.41, 5.74) is 5.16. The van der Waals surface area contributed by atoms with Gasteiger partial charge in [0, 0.05) is 19.2 Å². The molecule has 4 aromatic rings. The molecular formula is C22H18ClN5O2S. The highest BCUT2D eigenvalue weighted by molar-refractivity contribution is 7.16. The van der Waals surface area contributed by atoms with Crippen molar-refractivity contribution in [1.82, 2.24) is 20.1 Å². The van der Waals surface area contributed by atoms with Crippen molar-refractivity contribution < 1.29 is 9.59 Å². The van der Waals surface area contributed by atoms with E-state index < -0.39 is 0 Å². The predicted octanol–water partition coefficient (Wildman–Crippen LogP) is 4.20. The van der Waals surface area contributed by atoms with Gasteiger partial charge in [-0.05, 0) is 36.8 Å². The topological polar surface area (TPSA) is 80.1 Å². The standard InChI is InChI=1S/C22H18ClN5O2S/c1-27-20-17(26-21(29)14-4-2-3-5-15(14)23)8-9-28(18(20)11-25-27)22(30)13-6-7-16-19(10-13)31-12-24-16/h2-7,10-12,17H,8-9H2,1H3,(H,26,29). The molecule has 0 spiro atoms. The van der Waals surface area contributed by atoms with Crippen molar-refractivity contribution in [2.75, 3.05) is 11.4 Å². The van der Waals surface area contributed by atoms with E-state index in [-0.39, 0.29) is 17.9 Å². The minimum Gasteiger partial charge on any atom is -0.343 e. The molecule has 1 aliphatic heterocycles. The fourth-order valence-electron chi connectivity index (χ4n) is 3.94. The molecule has 0 bridgehead atoms. The molecule has 5 rings (SSSR count). The maximum atomic E-state index is 13.3. The van der Waals surface area contributed by atoms with Crippen LogP contribution in [-0.2, 0) is 7.05 Å². The predicted molar refractivity (Wildman–Crippen MR) is 121 cm³/mol. The number of carbonyl (C=O) groups is 2. The summed E-state index contributed by atoms with van der Waals surface area (Å²) in [5.74, 6) is -0.349. The number of carbonyl (C=O) groups excluding carboxylic acids is 2. The van der Waals surface area contributed by atoms with Gasteiger partial charge in [0.1, 0.15) is 0 Å². The number of nitrogens with zero attached hydrogens (tertiary/aromatic N) is 4. The smallest absolute Gasteiger partial charge is 0.258 e. The van der Waals surface area contributed by atoms with Crippen LogP contribution in [-0.4, -0.2) is 33.1 Å². The first kappa shape index (κ1) is 19.7. The summed E-state index contributed by atoms with van der Waals surface area (Å²) in [6.07, 6.45) is 2.24. The molecule has 1 aliphatic rings. The zero-order valence-electron chi connectivity index (χ0n) is 16.6. The lowest BCUT2D eigenvalue weighted by molar-refractivity contribution is 0.0931. The summed E-state index contributed by atoms with van der Waals surface area (Å²) in [6, 6.07) is 12.2. The Morgan fingerprint density at radius 3 is 2.90 bits per heavy atom. The molecule has 2 amide bonds. The average molecular weight is 452 g/mol. The third kappa shape index (κ3) is 3.47. The molecule has 2 aromatic heterocycles. The second kappa shape index (κ2) is 7.79. The summed E-state index contributed by atoms with van der Waals surface area (Å²) in [5, 5.41) is 7.80. The van der Waals surface area contributed by atoms with E-state index in [9.17, 15) is 9.59 Å². The summed E-state index contributed by atoms with van der Waals surface area (Å²) < 4.78 is 2.68. The molecule has 31 heavy (non-hydrogen) atoms. The Morgan fingerprint density at radius 1 is 1.23 bits per heavy atom. The van der Waals surface area contributed by atoms with Gasteiger partial charge in [0.05, 0.1) is 49.9 Å².